The Morgan fingerprint density at radius 1 is 1.04 bits per heavy atom. The summed E-state index contributed by atoms with van der Waals surface area (Å²) in [4.78, 5) is 11.3. The maximum absolute atomic E-state index is 11.3. The lowest BCUT2D eigenvalue weighted by atomic mass is 10.1. The molecule has 0 aliphatic rings. The van der Waals surface area contributed by atoms with Gasteiger partial charge < -0.3 is 10.6 Å². The van der Waals surface area contributed by atoms with E-state index in [0.29, 0.717) is 23.0 Å². The van der Waals surface area contributed by atoms with Crippen LogP contribution in [-0.4, -0.2) is 20.7 Å². The molecule has 26 heavy (non-hydrogen) atoms. The van der Waals surface area contributed by atoms with Crippen LogP contribution in [-0.2, 0) is 6.54 Å². The molecule has 0 amide bonds. The van der Waals surface area contributed by atoms with Crippen LogP contribution in [0.4, 0.5) is 11.5 Å². The number of Topliss-reactive ketones (excluding diaryl/α,β-unsaturated/α-hetero) is 1. The van der Waals surface area contributed by atoms with Gasteiger partial charge >= 0.3 is 0 Å². The van der Waals surface area contributed by atoms with Gasteiger partial charge in [-0.1, -0.05) is 29.8 Å². The quantitative estimate of drug-likeness (QED) is 0.523. The molecule has 1 heterocycles. The van der Waals surface area contributed by atoms with Crippen LogP contribution in [0.3, 0.4) is 0 Å². The predicted molar refractivity (Wildman–Crippen MR) is 109 cm³/mol. The highest BCUT2D eigenvalue weighted by Gasteiger charge is 2.04. The first-order valence-electron chi connectivity index (χ1n) is 8.27. The number of ketones is 1. The van der Waals surface area contributed by atoms with E-state index >= 15 is 0 Å². The van der Waals surface area contributed by atoms with Crippen LogP contribution in [0.2, 0.25) is 0 Å². The van der Waals surface area contributed by atoms with Crippen LogP contribution in [0.5, 0.6) is 0 Å². The Morgan fingerprint density at radius 3 is 2.38 bits per heavy atom. The average molecular weight is 364 g/mol. The topological polar surface area (TPSA) is 59.0 Å². The summed E-state index contributed by atoms with van der Waals surface area (Å²) in [5.74, 6) is 0.714. The molecule has 5 nitrogen and oxygen atoms in total. The number of benzene rings is 2. The average Bonchev–Trinajstić information content (AvgIpc) is 3.04. The third-order valence-corrected chi connectivity index (χ3v) is 4.10. The Balaban J connectivity index is 1.57. The molecule has 132 valence electrons. The zero-order valence-corrected chi connectivity index (χ0v) is 15.5. The lowest BCUT2D eigenvalue weighted by Crippen LogP contribution is -2.19. The number of thiocarbonyl (C=S) groups is 1. The van der Waals surface area contributed by atoms with Crippen LogP contribution in [0.15, 0.2) is 60.8 Å². The van der Waals surface area contributed by atoms with E-state index in [1.54, 1.807) is 19.1 Å². The predicted octanol–water partition coefficient (Wildman–Crippen LogP) is 4.25. The van der Waals surface area contributed by atoms with E-state index in [-0.39, 0.29) is 5.78 Å². The van der Waals surface area contributed by atoms with E-state index in [0.717, 1.165) is 5.69 Å². The van der Waals surface area contributed by atoms with E-state index in [1.807, 2.05) is 29.1 Å². The van der Waals surface area contributed by atoms with Gasteiger partial charge in [0, 0.05) is 23.5 Å². The van der Waals surface area contributed by atoms with E-state index in [2.05, 4.69) is 46.9 Å². The number of hydrogen-bond donors (Lipinski definition) is 2. The molecule has 0 radical (unpaired) electrons. The fourth-order valence-electron chi connectivity index (χ4n) is 2.46. The van der Waals surface area contributed by atoms with Gasteiger partial charge in [-0.15, -0.1) is 0 Å². The number of aryl methyl sites for hydroxylation is 1. The molecule has 0 fully saturated rings. The second kappa shape index (κ2) is 7.93. The van der Waals surface area contributed by atoms with Crippen molar-refractivity contribution in [2.45, 2.75) is 20.4 Å². The van der Waals surface area contributed by atoms with Gasteiger partial charge in [0.15, 0.2) is 16.7 Å². The van der Waals surface area contributed by atoms with Crippen molar-refractivity contribution in [2.24, 2.45) is 0 Å². The molecule has 0 aliphatic carbocycles. The Labute approximate surface area is 158 Å². The Bertz CT molecular complexity index is 914. The highest BCUT2D eigenvalue weighted by atomic mass is 32.1. The van der Waals surface area contributed by atoms with Crippen LogP contribution in [0.1, 0.15) is 28.4 Å². The monoisotopic (exact) mass is 364 g/mol. The van der Waals surface area contributed by atoms with Crippen molar-refractivity contribution in [1.82, 2.24) is 9.78 Å². The van der Waals surface area contributed by atoms with E-state index in [1.165, 1.54) is 11.1 Å². The molecule has 3 rings (SSSR count). The van der Waals surface area contributed by atoms with Gasteiger partial charge in [0.2, 0.25) is 0 Å². The molecular formula is C20H20N4OS. The molecule has 3 aromatic rings. The molecule has 0 unspecified atom stereocenters. The summed E-state index contributed by atoms with van der Waals surface area (Å²) in [7, 11) is 0. The molecular weight excluding hydrogens is 344 g/mol. The number of aromatic nitrogens is 2. The van der Waals surface area contributed by atoms with Crippen molar-refractivity contribution >= 4 is 34.6 Å². The van der Waals surface area contributed by atoms with Crippen molar-refractivity contribution in [3.8, 4) is 0 Å². The lowest BCUT2D eigenvalue weighted by Gasteiger charge is -2.09. The molecule has 6 heteroatoms. The molecule has 0 atom stereocenters. The molecule has 0 saturated heterocycles. The SMILES string of the molecule is CC(=O)c1ccc(NC(=S)Nc2ccn(Cc3ccc(C)cc3)n2)cc1. The van der Waals surface area contributed by atoms with Crippen molar-refractivity contribution in [3.63, 3.8) is 0 Å². The van der Waals surface area contributed by atoms with E-state index in [4.69, 9.17) is 12.2 Å². The smallest absolute Gasteiger partial charge is 0.176 e. The Kier molecular flexibility index (Phi) is 5.43. The van der Waals surface area contributed by atoms with Gasteiger partial charge in [0.05, 0.1) is 6.54 Å². The largest absolute Gasteiger partial charge is 0.332 e. The summed E-state index contributed by atoms with van der Waals surface area (Å²) in [6, 6.07) is 17.4. The minimum absolute atomic E-state index is 0.0383. The summed E-state index contributed by atoms with van der Waals surface area (Å²) >= 11 is 5.32. The minimum Gasteiger partial charge on any atom is -0.332 e. The first kappa shape index (κ1) is 17.8. The maximum Gasteiger partial charge on any atom is 0.176 e. The first-order chi connectivity index (χ1) is 12.5. The molecule has 2 aromatic carbocycles. The zero-order valence-electron chi connectivity index (χ0n) is 14.7. The van der Waals surface area contributed by atoms with Gasteiger partial charge in [-0.05, 0) is 55.9 Å². The highest BCUT2D eigenvalue weighted by Crippen LogP contribution is 2.12. The summed E-state index contributed by atoms with van der Waals surface area (Å²) in [6.07, 6.45) is 1.91. The normalized spacial score (nSPS) is 10.4. The van der Waals surface area contributed by atoms with Crippen molar-refractivity contribution in [1.29, 1.82) is 0 Å². The third-order valence-electron chi connectivity index (χ3n) is 3.90. The van der Waals surface area contributed by atoms with Gasteiger partial charge in [0.1, 0.15) is 0 Å². The summed E-state index contributed by atoms with van der Waals surface area (Å²) in [6.45, 7) is 4.32. The van der Waals surface area contributed by atoms with Crippen molar-refractivity contribution in [3.05, 3.63) is 77.5 Å². The fourth-order valence-corrected chi connectivity index (χ4v) is 2.69. The van der Waals surface area contributed by atoms with Crippen molar-refractivity contribution in [2.75, 3.05) is 10.6 Å². The molecule has 0 saturated carbocycles. The number of rotatable bonds is 5. The number of anilines is 2. The summed E-state index contributed by atoms with van der Waals surface area (Å²) in [5.41, 5.74) is 3.91. The van der Waals surface area contributed by atoms with Gasteiger partial charge in [-0.3, -0.25) is 9.48 Å². The highest BCUT2D eigenvalue weighted by molar-refractivity contribution is 7.80. The van der Waals surface area contributed by atoms with E-state index < -0.39 is 0 Å². The number of carbonyl (C=O) groups is 1. The fraction of sp³-hybridized carbons (Fsp3) is 0.150. The molecule has 1 aromatic heterocycles. The Hall–Kier alpha value is -2.99. The van der Waals surface area contributed by atoms with Gasteiger partial charge in [0.25, 0.3) is 0 Å². The second-order valence-corrected chi connectivity index (χ2v) is 6.51. The van der Waals surface area contributed by atoms with E-state index in [9.17, 15) is 4.79 Å². The first-order valence-corrected chi connectivity index (χ1v) is 8.68. The maximum atomic E-state index is 11.3. The van der Waals surface area contributed by atoms with Crippen LogP contribution < -0.4 is 10.6 Å². The molecule has 2 N–H and O–H groups in total. The van der Waals surface area contributed by atoms with Crippen molar-refractivity contribution < 1.29 is 4.79 Å². The number of nitrogens with one attached hydrogen (secondary N) is 2. The third kappa shape index (κ3) is 4.77. The lowest BCUT2D eigenvalue weighted by molar-refractivity contribution is 0.101. The van der Waals surface area contributed by atoms with Crippen LogP contribution in [0, 0.1) is 6.92 Å². The summed E-state index contributed by atoms with van der Waals surface area (Å²) in [5, 5.41) is 11.1. The molecule has 0 aliphatic heterocycles. The number of nitrogens with zero attached hydrogens (tertiary/aromatic N) is 2. The molecule has 0 spiro atoms. The standard InChI is InChI=1S/C20H20N4OS/c1-14-3-5-16(6-4-14)13-24-12-11-19(23-24)22-20(26)21-18-9-7-17(8-10-18)15(2)25/h3-12H,13H2,1-2H3,(H2,21,22,23,26). The zero-order chi connectivity index (χ0) is 18.5. The number of carbonyl (C=O) groups excluding carboxylic acids is 1. The van der Waals surface area contributed by atoms with Crippen LogP contribution in [0.25, 0.3) is 0 Å². The van der Waals surface area contributed by atoms with Gasteiger partial charge in [-0.25, -0.2) is 0 Å². The number of hydrogen-bond acceptors (Lipinski definition) is 3. The molecule has 0 bridgehead atoms. The minimum atomic E-state index is 0.0383. The Morgan fingerprint density at radius 2 is 1.73 bits per heavy atom. The summed E-state index contributed by atoms with van der Waals surface area (Å²) < 4.78 is 1.86. The van der Waals surface area contributed by atoms with Crippen LogP contribution >= 0.6 is 12.2 Å². The van der Waals surface area contributed by atoms with Gasteiger partial charge in [-0.2, -0.15) is 5.10 Å². The second-order valence-electron chi connectivity index (χ2n) is 6.10.